The molecule has 5 aromatic rings. The molecule has 0 aliphatic carbocycles. The number of fused-ring (bicyclic) bond motifs is 2. The van der Waals surface area contributed by atoms with Crippen LogP contribution in [0.25, 0.3) is 22.2 Å². The molecule has 3 N–H and O–H groups in total. The number of piperazine rings is 1. The number of nitrogens with zero attached hydrogens (tertiary/aromatic N) is 7. The van der Waals surface area contributed by atoms with E-state index in [4.69, 9.17) is 32.9 Å². The zero-order valence-corrected chi connectivity index (χ0v) is 35.4. The Balaban J connectivity index is 0.732. The Morgan fingerprint density at radius 3 is 2.40 bits per heavy atom. The van der Waals surface area contributed by atoms with Crippen LogP contribution in [0.5, 0.6) is 5.75 Å². The Morgan fingerprint density at radius 2 is 1.68 bits per heavy atom. The lowest BCUT2D eigenvalue weighted by Crippen LogP contribution is -2.52. The fraction of sp³-hybridized carbons (Fsp3) is 0.364. The first-order valence-electron chi connectivity index (χ1n) is 20.7. The molecule has 2 aromatic carbocycles. The first kappa shape index (κ1) is 41.1. The predicted octanol–water partition coefficient (Wildman–Crippen LogP) is 5.23. The molecule has 62 heavy (non-hydrogen) atoms. The van der Waals surface area contributed by atoms with Crippen molar-refractivity contribution >= 4 is 75.1 Å². The van der Waals surface area contributed by atoms with Gasteiger partial charge in [0.25, 0.3) is 5.91 Å². The predicted molar refractivity (Wildman–Crippen MR) is 232 cm³/mol. The third kappa shape index (κ3) is 8.23. The topological polar surface area (TPSA) is 186 Å². The smallest absolute Gasteiger partial charge is 0.255 e. The number of carbonyl (C=O) groups excluding carboxylic acids is 5. The number of hydrogen-bond acceptors (Lipinski definition) is 11. The maximum absolute atomic E-state index is 13.6. The second-order valence-corrected chi connectivity index (χ2v) is 16.9. The van der Waals surface area contributed by atoms with Gasteiger partial charge in [-0.3, -0.25) is 39.4 Å². The highest BCUT2D eigenvalue weighted by atomic mass is 35.5. The first-order chi connectivity index (χ1) is 30.0. The molecule has 0 bridgehead atoms. The molecule has 16 nitrogen and oxygen atoms in total. The van der Waals surface area contributed by atoms with Gasteiger partial charge in [0.15, 0.2) is 0 Å². The van der Waals surface area contributed by atoms with E-state index in [-0.39, 0.29) is 49.1 Å². The maximum atomic E-state index is 13.6. The number of halogens is 2. The number of piperidine rings is 2. The SMILES string of the molecule is C[C@@H](Oc1ccc2[nH]nc(-c3ccc(N4CCN(C(=O)C5CCN(C(=O)CNc6ccc7c(c6)CN(C6CCC(=O)NC6=O)C7=O)CC5)CC4)nc3)c2c1)c1c(Cl)cncc1Cl. The van der Waals surface area contributed by atoms with E-state index in [0.717, 1.165) is 33.5 Å². The molecular formula is C44H44Cl2N10O6. The van der Waals surface area contributed by atoms with Gasteiger partial charge in [0.05, 0.1) is 22.1 Å². The Hall–Kier alpha value is -6.26. The molecule has 7 heterocycles. The van der Waals surface area contributed by atoms with Gasteiger partial charge in [-0.2, -0.15) is 5.10 Å². The van der Waals surface area contributed by atoms with Gasteiger partial charge in [-0.05, 0) is 80.3 Å². The van der Waals surface area contributed by atoms with Crippen molar-refractivity contribution in [2.24, 2.45) is 5.92 Å². The summed E-state index contributed by atoms with van der Waals surface area (Å²) in [7, 11) is 0. The summed E-state index contributed by atoms with van der Waals surface area (Å²) in [5, 5.41) is 14.9. The number of pyridine rings is 2. The van der Waals surface area contributed by atoms with Gasteiger partial charge < -0.3 is 29.7 Å². The largest absolute Gasteiger partial charge is 0.486 e. The summed E-state index contributed by atoms with van der Waals surface area (Å²) in [6, 6.07) is 14.3. The number of nitrogens with one attached hydrogen (secondary N) is 3. The molecule has 0 radical (unpaired) electrons. The molecule has 2 atom stereocenters. The van der Waals surface area contributed by atoms with Crippen molar-refractivity contribution in [2.75, 3.05) is 56.0 Å². The summed E-state index contributed by atoms with van der Waals surface area (Å²) < 4.78 is 6.23. The molecule has 3 fully saturated rings. The Morgan fingerprint density at radius 1 is 0.903 bits per heavy atom. The van der Waals surface area contributed by atoms with Crippen LogP contribution in [-0.4, -0.2) is 116 Å². The molecule has 4 aliphatic heterocycles. The third-order valence-corrected chi connectivity index (χ3v) is 12.8. The number of aromatic nitrogens is 4. The fourth-order valence-electron chi connectivity index (χ4n) is 8.84. The summed E-state index contributed by atoms with van der Waals surface area (Å²) >= 11 is 12.7. The minimum absolute atomic E-state index is 0.0629. The monoisotopic (exact) mass is 878 g/mol. The summed E-state index contributed by atoms with van der Waals surface area (Å²) in [5.41, 5.74) is 5.09. The van der Waals surface area contributed by atoms with Crippen molar-refractivity contribution in [1.82, 2.24) is 40.2 Å². The van der Waals surface area contributed by atoms with E-state index in [9.17, 15) is 24.0 Å². The molecule has 3 saturated heterocycles. The molecule has 0 saturated carbocycles. The number of hydrogen-bond donors (Lipinski definition) is 3. The lowest BCUT2D eigenvalue weighted by atomic mass is 9.95. The van der Waals surface area contributed by atoms with E-state index >= 15 is 0 Å². The third-order valence-electron chi connectivity index (χ3n) is 12.2. The number of H-pyrrole nitrogens is 1. The lowest BCUT2D eigenvalue weighted by Gasteiger charge is -2.39. The van der Waals surface area contributed by atoms with Gasteiger partial charge in [-0.25, -0.2) is 4.98 Å². The first-order valence-corrected chi connectivity index (χ1v) is 21.5. The van der Waals surface area contributed by atoms with E-state index in [1.807, 2.05) is 54.4 Å². The van der Waals surface area contributed by atoms with Crippen LogP contribution >= 0.6 is 23.2 Å². The van der Waals surface area contributed by atoms with Crippen LogP contribution in [0.15, 0.2) is 67.1 Å². The van der Waals surface area contributed by atoms with E-state index in [1.165, 1.54) is 4.90 Å². The van der Waals surface area contributed by atoms with Crippen LogP contribution in [-0.2, 0) is 25.7 Å². The number of likely N-dealkylation sites (tertiary alicyclic amines) is 1. The number of imide groups is 1. The van der Waals surface area contributed by atoms with E-state index in [1.54, 1.807) is 29.4 Å². The zero-order valence-electron chi connectivity index (χ0n) is 33.9. The highest BCUT2D eigenvalue weighted by Crippen LogP contribution is 2.35. The van der Waals surface area contributed by atoms with E-state index in [2.05, 4.69) is 30.7 Å². The van der Waals surface area contributed by atoms with Crippen LogP contribution in [0.4, 0.5) is 11.5 Å². The van der Waals surface area contributed by atoms with Crippen molar-refractivity contribution in [3.63, 3.8) is 0 Å². The Kier molecular flexibility index (Phi) is 11.4. The van der Waals surface area contributed by atoms with Gasteiger partial charge in [-0.1, -0.05) is 23.2 Å². The highest BCUT2D eigenvalue weighted by molar-refractivity contribution is 6.35. The quantitative estimate of drug-likeness (QED) is 0.156. The average Bonchev–Trinajstić information content (AvgIpc) is 3.85. The molecule has 9 rings (SSSR count). The van der Waals surface area contributed by atoms with Crippen LogP contribution in [0.3, 0.4) is 0 Å². The van der Waals surface area contributed by atoms with Crippen molar-refractivity contribution in [2.45, 2.75) is 51.3 Å². The molecule has 1 unspecified atom stereocenters. The molecule has 5 amide bonds. The normalized spacial score (nSPS) is 18.8. The number of carbonyl (C=O) groups is 5. The molecule has 4 aliphatic rings. The molecule has 320 valence electrons. The molecule has 0 spiro atoms. The van der Waals surface area contributed by atoms with Crippen LogP contribution < -0.4 is 20.3 Å². The second kappa shape index (κ2) is 17.2. The van der Waals surface area contributed by atoms with Gasteiger partial charge in [0, 0.05) is 105 Å². The van der Waals surface area contributed by atoms with Crippen LogP contribution in [0.2, 0.25) is 10.0 Å². The summed E-state index contributed by atoms with van der Waals surface area (Å²) in [5.74, 6) is 0.371. The summed E-state index contributed by atoms with van der Waals surface area (Å²) in [4.78, 5) is 80.0. The molecular weight excluding hydrogens is 835 g/mol. The van der Waals surface area contributed by atoms with E-state index in [0.29, 0.717) is 91.1 Å². The standard InChI is InChI=1S/C44H44Cl2N10O6/c1-25(40-33(45)21-47-22-34(40)46)62-30-4-6-35-32(19-30)41(52-51-35)27-2-8-37(49-20-27)53-14-16-55(17-15-53)43(60)26-10-12-54(13-11-26)39(58)23-48-29-3-5-31-28(18-29)24-56(44(31)61)36-7-9-38(57)50-42(36)59/h2-6,8,18-22,25-26,36,48H,7,9-17,23-24H2,1H3,(H,51,52)(H,50,57,59)/t25-,36?/m1/s1. The van der Waals surface area contributed by atoms with Crippen molar-refractivity contribution < 1.29 is 28.7 Å². The average molecular weight is 880 g/mol. The second-order valence-electron chi connectivity index (χ2n) is 16.1. The number of anilines is 2. The Bertz CT molecular complexity index is 2550. The van der Waals surface area contributed by atoms with Gasteiger partial charge in [0.2, 0.25) is 23.6 Å². The zero-order chi connectivity index (χ0) is 43.1. The van der Waals surface area contributed by atoms with Crippen molar-refractivity contribution in [1.29, 1.82) is 0 Å². The van der Waals surface area contributed by atoms with Crippen LogP contribution in [0, 0.1) is 5.92 Å². The van der Waals surface area contributed by atoms with Gasteiger partial charge in [-0.15, -0.1) is 0 Å². The minimum atomic E-state index is -0.684. The number of amides is 5. The van der Waals surface area contributed by atoms with Gasteiger partial charge >= 0.3 is 0 Å². The number of benzene rings is 2. The number of rotatable bonds is 10. The summed E-state index contributed by atoms with van der Waals surface area (Å²) in [6.07, 6.45) is 6.19. The van der Waals surface area contributed by atoms with Crippen LogP contribution in [0.1, 0.15) is 60.2 Å². The van der Waals surface area contributed by atoms with Gasteiger partial charge in [0.1, 0.15) is 29.4 Å². The van der Waals surface area contributed by atoms with E-state index < -0.39 is 18.1 Å². The Labute approximate surface area is 366 Å². The highest BCUT2D eigenvalue weighted by Gasteiger charge is 2.39. The minimum Gasteiger partial charge on any atom is -0.486 e. The lowest BCUT2D eigenvalue weighted by molar-refractivity contribution is -0.140. The molecule has 3 aromatic heterocycles. The fourth-order valence-corrected chi connectivity index (χ4v) is 9.51. The summed E-state index contributed by atoms with van der Waals surface area (Å²) in [6.45, 7) is 5.71. The van der Waals surface area contributed by atoms with Crippen molar-refractivity contribution in [3.05, 3.63) is 93.9 Å². The number of ether oxygens (including phenoxy) is 1. The molecule has 18 heteroatoms. The van der Waals surface area contributed by atoms with Crippen molar-refractivity contribution in [3.8, 4) is 17.0 Å². The number of aromatic amines is 1. The maximum Gasteiger partial charge on any atom is 0.255 e.